The van der Waals surface area contributed by atoms with Crippen molar-refractivity contribution >= 4 is 11.9 Å². The van der Waals surface area contributed by atoms with Crippen LogP contribution in [-0.2, 0) is 20.9 Å². The summed E-state index contributed by atoms with van der Waals surface area (Å²) in [5.74, 6) is 2.43. The number of aromatic nitrogens is 2. The second kappa shape index (κ2) is 14.7. The van der Waals surface area contributed by atoms with E-state index in [9.17, 15) is 0 Å². The lowest BCUT2D eigenvalue weighted by molar-refractivity contribution is -0.157. The monoisotopic (exact) mass is 662 g/mol. The molecule has 9 rings (SSSR count). The maximum absolute atomic E-state index is 15.0. The average Bonchev–Trinajstić information content (AvgIpc) is 3.52. The van der Waals surface area contributed by atoms with Gasteiger partial charge in [-0.05, 0) is 94.7 Å². The number of ether oxygens (including phenoxy) is 2. The van der Waals surface area contributed by atoms with Gasteiger partial charge in [-0.3, -0.25) is 9.69 Å². The fourth-order valence-corrected chi connectivity index (χ4v) is 9.48. The third-order valence-corrected chi connectivity index (χ3v) is 12.7. The van der Waals surface area contributed by atoms with E-state index in [-0.39, 0.29) is 17.6 Å². The molecule has 1 amide bonds. The molecule has 0 radical (unpaired) electrons. The van der Waals surface area contributed by atoms with Crippen molar-refractivity contribution in [1.29, 1.82) is 0 Å². The second-order valence-corrected chi connectivity index (χ2v) is 15.4. The Balaban J connectivity index is 1.07. The van der Waals surface area contributed by atoms with Crippen molar-refractivity contribution in [3.05, 3.63) is 41.8 Å². The molecule has 2 aromatic rings. The number of anilines is 1. The van der Waals surface area contributed by atoms with Gasteiger partial charge in [-0.15, -0.1) is 0 Å². The first-order valence-electron chi connectivity index (χ1n) is 18.6. The van der Waals surface area contributed by atoms with Crippen LogP contribution in [0, 0.1) is 29.5 Å². The van der Waals surface area contributed by atoms with Crippen molar-refractivity contribution in [3.63, 3.8) is 0 Å². The van der Waals surface area contributed by atoms with Crippen LogP contribution in [-0.4, -0.2) is 108 Å². The Morgan fingerprint density at radius 2 is 1.71 bits per heavy atom. The highest BCUT2D eigenvalue weighted by molar-refractivity contribution is 5.80. The fourth-order valence-electron chi connectivity index (χ4n) is 9.48. The molecular weight excluding hydrogens is 607 g/mol. The summed E-state index contributed by atoms with van der Waals surface area (Å²) in [7, 11) is 1.65. The zero-order valence-electron chi connectivity index (χ0n) is 29.3. The minimum absolute atomic E-state index is 0.0191. The molecule has 3 atom stereocenters. The third-order valence-electron chi connectivity index (χ3n) is 12.7. The summed E-state index contributed by atoms with van der Waals surface area (Å²) in [6.45, 7) is 13.5. The highest BCUT2D eigenvalue weighted by atomic mass is 19.1. The Bertz CT molecular complexity index is 1390. The van der Waals surface area contributed by atoms with Crippen LogP contribution in [0.1, 0.15) is 70.8 Å². The van der Waals surface area contributed by atoms with Crippen molar-refractivity contribution in [2.24, 2.45) is 23.7 Å². The maximum atomic E-state index is 15.0. The van der Waals surface area contributed by atoms with E-state index >= 15 is 9.18 Å². The second-order valence-electron chi connectivity index (χ2n) is 15.4. The Morgan fingerprint density at radius 3 is 2.42 bits per heavy atom. The fraction of sp³-hybridized carbons (Fsp3) is 0.711. The van der Waals surface area contributed by atoms with Crippen LogP contribution in [0.5, 0.6) is 0 Å². The molecule has 0 N–H and O–H groups in total. The maximum Gasteiger partial charge on any atom is 0.227 e. The Morgan fingerprint density at radius 1 is 0.979 bits per heavy atom. The molecule has 1 aromatic heterocycles. The third kappa shape index (κ3) is 6.87. The number of nitrogens with zero attached hydrogens (tertiary/aromatic N) is 6. The van der Waals surface area contributed by atoms with Gasteiger partial charge in [-0.25, -0.2) is 14.4 Å². The molecule has 9 nitrogen and oxygen atoms in total. The quantitative estimate of drug-likeness (QED) is 0.312. The van der Waals surface area contributed by atoms with Crippen LogP contribution >= 0.6 is 0 Å². The van der Waals surface area contributed by atoms with Crippen LogP contribution < -0.4 is 4.90 Å². The van der Waals surface area contributed by atoms with Crippen molar-refractivity contribution in [2.75, 3.05) is 71.0 Å². The van der Waals surface area contributed by atoms with Gasteiger partial charge in [0.2, 0.25) is 11.9 Å². The molecule has 4 bridgehead atoms. The molecule has 48 heavy (non-hydrogen) atoms. The normalized spacial score (nSPS) is 32.2. The first kappa shape index (κ1) is 33.8. The largest absolute Gasteiger partial charge is 0.382 e. The van der Waals surface area contributed by atoms with Gasteiger partial charge in [0, 0.05) is 56.9 Å². The Kier molecular flexibility index (Phi) is 10.3. The molecule has 10 heteroatoms. The van der Waals surface area contributed by atoms with Crippen molar-refractivity contribution in [2.45, 2.75) is 83.5 Å². The number of fused-ring (bicyclic) bond motifs is 8. The first-order chi connectivity index (χ1) is 23.3. The van der Waals surface area contributed by atoms with E-state index in [0.717, 1.165) is 56.8 Å². The molecule has 3 unspecified atom stereocenters. The average molecular weight is 663 g/mol. The van der Waals surface area contributed by atoms with Crippen molar-refractivity contribution in [3.8, 4) is 11.3 Å². The Labute approximate surface area is 286 Å². The molecular formula is C38H55FN6O3. The predicted molar refractivity (Wildman–Crippen MR) is 185 cm³/mol. The Hall–Kier alpha value is -2.66. The minimum atomic E-state index is -0.438. The van der Waals surface area contributed by atoms with Gasteiger partial charge in [-0.2, -0.15) is 0 Å². The van der Waals surface area contributed by atoms with Gasteiger partial charge >= 0.3 is 0 Å². The highest BCUT2D eigenvalue weighted by Crippen LogP contribution is 2.45. The molecule has 7 aliphatic heterocycles. The van der Waals surface area contributed by atoms with Crippen LogP contribution in [0.3, 0.4) is 0 Å². The number of rotatable bonds is 10. The van der Waals surface area contributed by atoms with Crippen LogP contribution in [0.4, 0.5) is 10.3 Å². The molecule has 0 aliphatic carbocycles. The van der Waals surface area contributed by atoms with Crippen LogP contribution in [0.2, 0.25) is 0 Å². The molecule has 7 aliphatic rings. The zero-order valence-corrected chi connectivity index (χ0v) is 29.3. The number of hydrogen-bond acceptors (Lipinski definition) is 8. The smallest absolute Gasteiger partial charge is 0.227 e. The number of benzene rings is 1. The van der Waals surface area contributed by atoms with E-state index in [2.05, 4.69) is 38.4 Å². The lowest BCUT2D eigenvalue weighted by Gasteiger charge is -2.53. The van der Waals surface area contributed by atoms with E-state index in [1.807, 2.05) is 24.3 Å². The number of carbonyl (C=O) groups excluding carboxylic acids is 1. The van der Waals surface area contributed by atoms with Gasteiger partial charge in [0.05, 0.1) is 32.2 Å². The number of carbonyl (C=O) groups is 1. The standard InChI is InChI=1S/C38H55FN6O3/c1-27-24-34(43-17-8-29(27)9-18-43)45(38(2)14-21-42-15-12-32(38)13-16-42)36(46)31-10-19-44(20-11-31)37-40-25-33(39)35(41-37)30-6-4-28(5-7-30)26-48-23-22-47-3/h4-7,25,27,29,31-32,34H,8-24,26H2,1-3H3. The summed E-state index contributed by atoms with van der Waals surface area (Å²) < 4.78 is 25.7. The first-order valence-corrected chi connectivity index (χ1v) is 18.6. The van der Waals surface area contributed by atoms with Crippen LogP contribution in [0.15, 0.2) is 30.5 Å². The van der Waals surface area contributed by atoms with E-state index in [1.165, 1.54) is 45.0 Å². The summed E-state index contributed by atoms with van der Waals surface area (Å²) in [5, 5.41) is 0. The number of hydrogen-bond donors (Lipinski definition) is 0. The van der Waals surface area contributed by atoms with Gasteiger partial charge in [0.25, 0.3) is 0 Å². The number of methoxy groups -OCH3 is 1. The molecule has 7 saturated heterocycles. The van der Waals surface area contributed by atoms with Gasteiger partial charge in [0.1, 0.15) is 5.69 Å². The molecule has 0 spiro atoms. The zero-order chi connectivity index (χ0) is 33.3. The lowest BCUT2D eigenvalue weighted by atomic mass is 9.76. The summed E-state index contributed by atoms with van der Waals surface area (Å²) >= 11 is 0. The van der Waals surface area contributed by atoms with Gasteiger partial charge < -0.3 is 24.2 Å². The van der Waals surface area contributed by atoms with Crippen molar-refractivity contribution < 1.29 is 18.7 Å². The lowest BCUT2D eigenvalue weighted by Crippen LogP contribution is -2.64. The van der Waals surface area contributed by atoms with E-state index in [1.54, 1.807) is 7.11 Å². The topological polar surface area (TPSA) is 74.3 Å². The summed E-state index contributed by atoms with van der Waals surface area (Å²) in [6, 6.07) is 7.67. The van der Waals surface area contributed by atoms with Gasteiger partial charge in [0.15, 0.2) is 5.82 Å². The minimum Gasteiger partial charge on any atom is -0.382 e. The highest BCUT2D eigenvalue weighted by Gasteiger charge is 2.52. The van der Waals surface area contributed by atoms with E-state index < -0.39 is 5.82 Å². The molecule has 1 aromatic carbocycles. The van der Waals surface area contributed by atoms with Crippen LogP contribution in [0.25, 0.3) is 11.3 Å². The van der Waals surface area contributed by atoms with Crippen molar-refractivity contribution in [1.82, 2.24) is 24.7 Å². The SMILES string of the molecule is COCCOCc1ccc(-c2nc(N3CCC(C(=O)N(C4CC(C)C5CCN4CC5)C4(C)CCN5CCC4CC5)CC3)ncc2F)cc1. The number of amides is 1. The van der Waals surface area contributed by atoms with E-state index in [0.29, 0.717) is 67.9 Å². The predicted octanol–water partition coefficient (Wildman–Crippen LogP) is 5.44. The molecule has 8 heterocycles. The number of halogens is 1. The summed E-state index contributed by atoms with van der Waals surface area (Å²) in [5.41, 5.74) is 1.90. The summed E-state index contributed by atoms with van der Waals surface area (Å²) in [4.78, 5) is 34.0. The summed E-state index contributed by atoms with van der Waals surface area (Å²) in [6.07, 6.45) is 10.1. The van der Waals surface area contributed by atoms with Gasteiger partial charge in [-0.1, -0.05) is 31.2 Å². The van der Waals surface area contributed by atoms with E-state index in [4.69, 9.17) is 14.5 Å². The molecule has 7 fully saturated rings. The molecule has 262 valence electrons. The number of piperidine rings is 3. The molecule has 0 saturated carbocycles.